The van der Waals surface area contributed by atoms with E-state index in [-0.39, 0.29) is 17.5 Å². The Kier molecular flexibility index (Phi) is 7.12. The number of carbonyl (C=O) groups is 1. The molecule has 2 aromatic carbocycles. The summed E-state index contributed by atoms with van der Waals surface area (Å²) in [7, 11) is 0. The van der Waals surface area contributed by atoms with Gasteiger partial charge in [0.2, 0.25) is 5.88 Å². The molecule has 38 heavy (non-hydrogen) atoms. The van der Waals surface area contributed by atoms with Crippen LogP contribution in [0.15, 0.2) is 87.3 Å². The van der Waals surface area contributed by atoms with Crippen molar-refractivity contribution in [3.05, 3.63) is 109 Å². The molecule has 1 fully saturated rings. The van der Waals surface area contributed by atoms with Gasteiger partial charge in [-0.1, -0.05) is 15.9 Å². The number of hydrogen-bond donors (Lipinski definition) is 1. The Hall–Kier alpha value is -4.22. The number of ether oxygens (including phenoxy) is 1. The number of nitrogens with one attached hydrogen (secondary N) is 1. The van der Waals surface area contributed by atoms with Crippen molar-refractivity contribution in [1.82, 2.24) is 14.9 Å². The minimum Gasteiger partial charge on any atom is -0.439 e. The maximum absolute atomic E-state index is 12.6. The van der Waals surface area contributed by atoms with Crippen LogP contribution in [0.25, 0.3) is 11.8 Å². The standard InChI is InChI=1S/C27H20BrN5O4S/c1-16-13-18(14-24-26(34)31-27(38-24)30-20-5-3-19(28)4-6-20)17(2)32(16)21-7-10-23(11-8-21)37-25-12-9-22(15-29-25)33(35)36/h3-15H,1-2H3,(H,30,31,34)/b24-14-. The van der Waals surface area contributed by atoms with E-state index in [1.165, 1.54) is 23.9 Å². The first-order valence-electron chi connectivity index (χ1n) is 11.4. The third kappa shape index (κ3) is 5.53. The quantitative estimate of drug-likeness (QED) is 0.150. The maximum atomic E-state index is 12.6. The van der Waals surface area contributed by atoms with Gasteiger partial charge in [0.25, 0.3) is 11.6 Å². The van der Waals surface area contributed by atoms with Crippen LogP contribution < -0.4 is 10.1 Å². The number of nitro groups is 1. The van der Waals surface area contributed by atoms with Crippen LogP contribution in [0.1, 0.15) is 17.0 Å². The first-order valence-corrected chi connectivity index (χ1v) is 13.0. The van der Waals surface area contributed by atoms with Gasteiger partial charge in [0.05, 0.1) is 15.5 Å². The second-order valence-electron chi connectivity index (χ2n) is 8.33. The van der Waals surface area contributed by atoms with Gasteiger partial charge in [-0.15, -0.1) is 0 Å². The number of halogens is 1. The minimum absolute atomic E-state index is 0.0985. The number of amides is 1. The second kappa shape index (κ2) is 10.6. The van der Waals surface area contributed by atoms with Crippen molar-refractivity contribution >= 4 is 56.2 Å². The molecule has 9 nitrogen and oxygen atoms in total. The summed E-state index contributed by atoms with van der Waals surface area (Å²) in [5.74, 6) is 0.634. The zero-order valence-corrected chi connectivity index (χ0v) is 22.6. The Morgan fingerprint density at radius 3 is 2.50 bits per heavy atom. The average molecular weight is 590 g/mol. The number of amidine groups is 1. The predicted octanol–water partition coefficient (Wildman–Crippen LogP) is 6.84. The smallest absolute Gasteiger partial charge is 0.287 e. The van der Waals surface area contributed by atoms with Gasteiger partial charge >= 0.3 is 0 Å². The molecule has 1 amide bonds. The fourth-order valence-corrected chi connectivity index (χ4v) is 5.01. The Labute approximate surface area is 230 Å². The van der Waals surface area contributed by atoms with E-state index in [0.29, 0.717) is 15.8 Å². The highest BCUT2D eigenvalue weighted by molar-refractivity contribution is 9.10. The predicted molar refractivity (Wildman–Crippen MR) is 151 cm³/mol. The van der Waals surface area contributed by atoms with Crippen molar-refractivity contribution in [2.45, 2.75) is 13.8 Å². The van der Waals surface area contributed by atoms with Crippen LogP contribution in [0.4, 0.5) is 11.4 Å². The van der Waals surface area contributed by atoms with Crippen molar-refractivity contribution in [3.8, 4) is 17.3 Å². The van der Waals surface area contributed by atoms with Crippen molar-refractivity contribution < 1.29 is 14.5 Å². The summed E-state index contributed by atoms with van der Waals surface area (Å²) in [5.41, 5.74) is 4.50. The molecule has 190 valence electrons. The van der Waals surface area contributed by atoms with Gasteiger partial charge in [-0.05, 0) is 91.8 Å². The summed E-state index contributed by atoms with van der Waals surface area (Å²) in [6.07, 6.45) is 3.03. The number of carbonyl (C=O) groups excluding carboxylic acids is 1. The number of pyridine rings is 1. The Morgan fingerprint density at radius 1 is 1.11 bits per heavy atom. The number of thioether (sulfide) groups is 1. The van der Waals surface area contributed by atoms with E-state index in [0.717, 1.165) is 39.0 Å². The normalized spacial score (nSPS) is 15.2. The molecule has 2 aromatic heterocycles. The molecule has 0 bridgehead atoms. The van der Waals surface area contributed by atoms with E-state index in [1.54, 1.807) is 12.1 Å². The zero-order chi connectivity index (χ0) is 26.8. The molecule has 1 aliphatic heterocycles. The van der Waals surface area contributed by atoms with Crippen molar-refractivity contribution in [1.29, 1.82) is 0 Å². The summed E-state index contributed by atoms with van der Waals surface area (Å²) in [6.45, 7) is 4.00. The number of aliphatic imine (C=N–C) groups is 1. The third-order valence-corrected chi connectivity index (χ3v) is 7.15. The summed E-state index contributed by atoms with van der Waals surface area (Å²) < 4.78 is 8.77. The SMILES string of the molecule is Cc1cc(/C=C2\SC(=Nc3ccc(Br)cc3)NC2=O)c(C)n1-c1ccc(Oc2ccc([N+](=O)[O-])cn2)cc1. The number of hydrogen-bond acceptors (Lipinski definition) is 7. The highest BCUT2D eigenvalue weighted by atomic mass is 79.9. The average Bonchev–Trinajstić information content (AvgIpc) is 3.38. The fourth-order valence-electron chi connectivity index (χ4n) is 3.91. The van der Waals surface area contributed by atoms with Crippen LogP contribution in [0.5, 0.6) is 11.6 Å². The first kappa shape index (κ1) is 25.4. The maximum Gasteiger partial charge on any atom is 0.287 e. The molecule has 4 aromatic rings. The second-order valence-corrected chi connectivity index (χ2v) is 10.3. The lowest BCUT2D eigenvalue weighted by molar-refractivity contribution is -0.385. The molecule has 0 unspecified atom stereocenters. The van der Waals surface area contributed by atoms with E-state index >= 15 is 0 Å². The lowest BCUT2D eigenvalue weighted by Gasteiger charge is -2.11. The number of benzene rings is 2. The summed E-state index contributed by atoms with van der Waals surface area (Å²) >= 11 is 4.71. The van der Waals surface area contributed by atoms with Crippen LogP contribution in [0, 0.1) is 24.0 Å². The fraction of sp³-hybridized carbons (Fsp3) is 0.0741. The van der Waals surface area contributed by atoms with Gasteiger partial charge in [0, 0.05) is 33.7 Å². The molecule has 3 heterocycles. The van der Waals surface area contributed by atoms with E-state index in [4.69, 9.17) is 4.74 Å². The lowest BCUT2D eigenvalue weighted by atomic mass is 10.2. The van der Waals surface area contributed by atoms with Crippen LogP contribution in [-0.2, 0) is 4.79 Å². The molecular formula is C27H20BrN5O4S. The van der Waals surface area contributed by atoms with Crippen LogP contribution >= 0.6 is 27.7 Å². The van der Waals surface area contributed by atoms with E-state index < -0.39 is 4.92 Å². The Bertz CT molecular complexity index is 1590. The Balaban J connectivity index is 1.33. The lowest BCUT2D eigenvalue weighted by Crippen LogP contribution is -2.19. The van der Waals surface area contributed by atoms with Crippen molar-refractivity contribution in [3.63, 3.8) is 0 Å². The van der Waals surface area contributed by atoms with Crippen LogP contribution in [-0.4, -0.2) is 25.5 Å². The molecule has 1 N–H and O–H groups in total. The van der Waals surface area contributed by atoms with Gasteiger partial charge in [-0.2, -0.15) is 0 Å². The van der Waals surface area contributed by atoms with Gasteiger partial charge in [0.15, 0.2) is 5.17 Å². The monoisotopic (exact) mass is 589 g/mol. The molecule has 11 heteroatoms. The van der Waals surface area contributed by atoms with Crippen molar-refractivity contribution in [2.75, 3.05) is 0 Å². The van der Waals surface area contributed by atoms with Gasteiger partial charge in [-0.3, -0.25) is 14.9 Å². The highest BCUT2D eigenvalue weighted by Crippen LogP contribution is 2.31. The topological polar surface area (TPSA) is 112 Å². The third-order valence-electron chi connectivity index (χ3n) is 5.71. The van der Waals surface area contributed by atoms with Crippen molar-refractivity contribution in [2.24, 2.45) is 4.99 Å². The molecule has 0 radical (unpaired) electrons. The van der Waals surface area contributed by atoms with E-state index in [2.05, 4.69) is 35.8 Å². The van der Waals surface area contributed by atoms with E-state index in [1.807, 2.05) is 62.4 Å². The van der Waals surface area contributed by atoms with Gasteiger partial charge in [-0.25, -0.2) is 9.98 Å². The Morgan fingerprint density at radius 2 is 1.84 bits per heavy atom. The molecule has 1 saturated heterocycles. The van der Waals surface area contributed by atoms with Gasteiger partial charge < -0.3 is 14.6 Å². The first-order chi connectivity index (χ1) is 18.3. The molecule has 5 rings (SSSR count). The largest absolute Gasteiger partial charge is 0.439 e. The molecule has 0 saturated carbocycles. The van der Waals surface area contributed by atoms with Gasteiger partial charge in [0.1, 0.15) is 11.9 Å². The number of rotatable bonds is 6. The summed E-state index contributed by atoms with van der Waals surface area (Å²) in [6, 6.07) is 19.8. The molecular weight excluding hydrogens is 570 g/mol. The molecule has 0 aliphatic carbocycles. The van der Waals surface area contributed by atoms with Crippen LogP contribution in [0.3, 0.4) is 0 Å². The highest BCUT2D eigenvalue weighted by Gasteiger charge is 2.24. The number of aromatic nitrogens is 2. The molecule has 0 atom stereocenters. The van der Waals surface area contributed by atoms with E-state index in [9.17, 15) is 14.9 Å². The summed E-state index contributed by atoms with van der Waals surface area (Å²) in [5, 5.41) is 14.2. The molecule has 0 spiro atoms. The summed E-state index contributed by atoms with van der Waals surface area (Å²) in [4.78, 5) is 31.9. The molecule has 1 aliphatic rings. The minimum atomic E-state index is -0.508. The van der Waals surface area contributed by atoms with Crippen LogP contribution in [0.2, 0.25) is 0 Å². The number of aryl methyl sites for hydroxylation is 1. The zero-order valence-electron chi connectivity index (χ0n) is 20.2. The number of nitrogens with zero attached hydrogens (tertiary/aromatic N) is 4.